The predicted molar refractivity (Wildman–Crippen MR) is 55.1 cm³/mol. The lowest BCUT2D eigenvalue weighted by Crippen LogP contribution is -2.09. The van der Waals surface area contributed by atoms with Gasteiger partial charge in [0.15, 0.2) is 0 Å². The molecule has 0 saturated carbocycles. The number of benzene rings is 1. The number of fused-ring (bicyclic) bond motifs is 1. The number of nitrogens with one attached hydrogen (secondary N) is 1. The molecule has 1 aromatic heterocycles. The molecule has 0 spiro atoms. The van der Waals surface area contributed by atoms with E-state index < -0.39 is 5.69 Å². The van der Waals surface area contributed by atoms with Crippen LogP contribution in [-0.4, -0.2) is 9.97 Å². The zero-order valence-electron chi connectivity index (χ0n) is 6.34. The lowest BCUT2D eigenvalue weighted by Gasteiger charge is -1.98. The molecule has 2 rings (SSSR count). The van der Waals surface area contributed by atoms with Crippen molar-refractivity contribution in [1.29, 1.82) is 0 Å². The first kappa shape index (κ1) is 8.72. The number of hydrogen-bond acceptors (Lipinski definition) is 2. The number of aromatic nitrogens is 2. The monoisotopic (exact) mass is 258 g/mol. The molecule has 0 unspecified atom stereocenters. The predicted octanol–water partition coefficient (Wildman–Crippen LogP) is 2.34. The first-order valence-corrected chi connectivity index (χ1v) is 4.69. The Labute approximate surface area is 86.9 Å². The van der Waals surface area contributed by atoms with Crippen molar-refractivity contribution in [1.82, 2.24) is 9.97 Å². The Kier molecular flexibility index (Phi) is 2.09. The molecular weight excluding hydrogens is 255 g/mol. The van der Waals surface area contributed by atoms with Gasteiger partial charge < -0.3 is 0 Å². The second-order valence-corrected chi connectivity index (χ2v) is 3.81. The smallest absolute Gasteiger partial charge is 0.296 e. The van der Waals surface area contributed by atoms with E-state index in [0.29, 0.717) is 10.7 Å². The van der Waals surface area contributed by atoms with Crippen LogP contribution in [0.2, 0.25) is 5.15 Å². The van der Waals surface area contributed by atoms with Crippen molar-refractivity contribution in [2.24, 2.45) is 0 Å². The van der Waals surface area contributed by atoms with Crippen LogP contribution in [0.3, 0.4) is 0 Å². The average molecular weight is 259 g/mol. The van der Waals surface area contributed by atoms with Gasteiger partial charge in [-0.1, -0.05) is 27.5 Å². The van der Waals surface area contributed by atoms with Crippen LogP contribution < -0.4 is 5.69 Å². The summed E-state index contributed by atoms with van der Waals surface area (Å²) in [6.07, 6.45) is 0. The van der Waals surface area contributed by atoms with E-state index in [1.165, 1.54) is 0 Å². The van der Waals surface area contributed by atoms with Gasteiger partial charge in [-0.2, -0.15) is 4.98 Å². The van der Waals surface area contributed by atoms with Crippen molar-refractivity contribution in [2.75, 3.05) is 0 Å². The van der Waals surface area contributed by atoms with E-state index in [1.54, 1.807) is 12.1 Å². The van der Waals surface area contributed by atoms with Gasteiger partial charge in [0.1, 0.15) is 5.15 Å². The van der Waals surface area contributed by atoms with Crippen LogP contribution in [-0.2, 0) is 0 Å². The standard InChI is InChI=1S/C8H4BrClN2O/c9-4-1-2-5-6(3-4)11-8(13)12-7(5)10/h1-3H,(H,11,12,13). The molecule has 13 heavy (non-hydrogen) atoms. The van der Waals surface area contributed by atoms with Crippen molar-refractivity contribution >= 4 is 38.4 Å². The lowest BCUT2D eigenvalue weighted by atomic mass is 10.2. The maximum absolute atomic E-state index is 10.9. The molecule has 3 nitrogen and oxygen atoms in total. The van der Waals surface area contributed by atoms with Gasteiger partial charge in [0.05, 0.1) is 5.52 Å². The molecule has 0 aliphatic carbocycles. The Morgan fingerprint density at radius 1 is 1.46 bits per heavy atom. The van der Waals surface area contributed by atoms with E-state index in [4.69, 9.17) is 11.6 Å². The number of H-pyrrole nitrogens is 1. The maximum Gasteiger partial charge on any atom is 0.346 e. The molecule has 0 aliphatic rings. The summed E-state index contributed by atoms with van der Waals surface area (Å²) < 4.78 is 0.870. The summed E-state index contributed by atoms with van der Waals surface area (Å²) in [4.78, 5) is 17.1. The van der Waals surface area contributed by atoms with Crippen LogP contribution in [0.25, 0.3) is 10.9 Å². The number of rotatable bonds is 0. The molecule has 66 valence electrons. The lowest BCUT2D eigenvalue weighted by molar-refractivity contribution is 1.12. The third kappa shape index (κ3) is 1.59. The Balaban J connectivity index is 2.94. The van der Waals surface area contributed by atoms with Crippen LogP contribution in [0, 0.1) is 0 Å². The van der Waals surface area contributed by atoms with Crippen LogP contribution in [0.1, 0.15) is 0 Å². The summed E-state index contributed by atoms with van der Waals surface area (Å²) in [6, 6.07) is 5.38. The van der Waals surface area contributed by atoms with E-state index in [1.807, 2.05) is 6.07 Å². The molecule has 0 saturated heterocycles. The average Bonchev–Trinajstić information content (AvgIpc) is 2.02. The Morgan fingerprint density at radius 2 is 2.23 bits per heavy atom. The normalized spacial score (nSPS) is 10.6. The Bertz CT molecular complexity index is 523. The molecule has 0 fully saturated rings. The van der Waals surface area contributed by atoms with Gasteiger partial charge in [0.25, 0.3) is 0 Å². The minimum Gasteiger partial charge on any atom is -0.296 e. The van der Waals surface area contributed by atoms with E-state index in [2.05, 4.69) is 25.9 Å². The van der Waals surface area contributed by atoms with Crippen molar-refractivity contribution in [3.05, 3.63) is 38.3 Å². The molecule has 2 aromatic rings. The molecule has 1 aromatic carbocycles. The van der Waals surface area contributed by atoms with Crippen LogP contribution >= 0.6 is 27.5 Å². The van der Waals surface area contributed by atoms with Gasteiger partial charge in [-0.25, -0.2) is 4.79 Å². The molecule has 0 amide bonds. The van der Waals surface area contributed by atoms with Gasteiger partial charge in [0.2, 0.25) is 0 Å². The largest absolute Gasteiger partial charge is 0.346 e. The number of aromatic amines is 1. The first-order valence-electron chi connectivity index (χ1n) is 3.52. The zero-order valence-corrected chi connectivity index (χ0v) is 8.69. The SMILES string of the molecule is O=c1nc2cc(Br)ccc2c(Cl)[nH]1. The van der Waals surface area contributed by atoms with Crippen molar-refractivity contribution in [2.45, 2.75) is 0 Å². The molecule has 5 heteroatoms. The summed E-state index contributed by atoms with van der Waals surface area (Å²) in [5.74, 6) is 0. The molecule has 0 bridgehead atoms. The van der Waals surface area contributed by atoms with E-state index in [-0.39, 0.29) is 0 Å². The van der Waals surface area contributed by atoms with Gasteiger partial charge in [-0.3, -0.25) is 4.98 Å². The highest BCUT2D eigenvalue weighted by atomic mass is 79.9. The van der Waals surface area contributed by atoms with Crippen molar-refractivity contribution in [3.8, 4) is 0 Å². The van der Waals surface area contributed by atoms with E-state index in [9.17, 15) is 4.79 Å². The Morgan fingerprint density at radius 3 is 3.00 bits per heavy atom. The van der Waals surface area contributed by atoms with Crippen LogP contribution in [0.4, 0.5) is 0 Å². The molecule has 0 radical (unpaired) electrons. The van der Waals surface area contributed by atoms with Gasteiger partial charge >= 0.3 is 5.69 Å². The van der Waals surface area contributed by atoms with Gasteiger partial charge in [-0.15, -0.1) is 0 Å². The minimum absolute atomic E-state index is 0.322. The fourth-order valence-corrected chi connectivity index (χ4v) is 1.67. The second-order valence-electron chi connectivity index (χ2n) is 2.52. The van der Waals surface area contributed by atoms with Crippen molar-refractivity contribution < 1.29 is 0 Å². The summed E-state index contributed by atoms with van der Waals surface area (Å²) >= 11 is 9.09. The fourth-order valence-electron chi connectivity index (χ4n) is 1.08. The second kappa shape index (κ2) is 3.12. The number of halogens is 2. The quantitative estimate of drug-likeness (QED) is 0.738. The Hall–Kier alpha value is -0.870. The van der Waals surface area contributed by atoms with E-state index >= 15 is 0 Å². The molecule has 0 atom stereocenters. The highest BCUT2D eigenvalue weighted by Crippen LogP contribution is 2.21. The zero-order chi connectivity index (χ0) is 9.42. The summed E-state index contributed by atoms with van der Waals surface area (Å²) in [5, 5.41) is 1.06. The van der Waals surface area contributed by atoms with Crippen LogP contribution in [0.15, 0.2) is 27.5 Å². The molecular formula is C8H4BrClN2O. The molecule has 0 aliphatic heterocycles. The summed E-state index contributed by atoms with van der Waals surface area (Å²) in [7, 11) is 0. The number of nitrogens with zero attached hydrogens (tertiary/aromatic N) is 1. The van der Waals surface area contributed by atoms with Gasteiger partial charge in [0, 0.05) is 9.86 Å². The third-order valence-electron chi connectivity index (χ3n) is 1.63. The number of hydrogen-bond donors (Lipinski definition) is 1. The molecule has 1 N–H and O–H groups in total. The van der Waals surface area contributed by atoms with E-state index in [0.717, 1.165) is 9.86 Å². The summed E-state index contributed by atoms with van der Waals surface area (Å²) in [6.45, 7) is 0. The topological polar surface area (TPSA) is 45.8 Å². The van der Waals surface area contributed by atoms with Crippen LogP contribution in [0.5, 0.6) is 0 Å². The van der Waals surface area contributed by atoms with Gasteiger partial charge in [-0.05, 0) is 18.2 Å². The maximum atomic E-state index is 10.9. The summed E-state index contributed by atoms with van der Waals surface area (Å²) in [5.41, 5.74) is 0.152. The van der Waals surface area contributed by atoms with Crippen molar-refractivity contribution in [3.63, 3.8) is 0 Å². The third-order valence-corrected chi connectivity index (χ3v) is 2.43. The molecule has 1 heterocycles. The minimum atomic E-state index is -0.435. The highest BCUT2D eigenvalue weighted by Gasteiger charge is 2.01. The highest BCUT2D eigenvalue weighted by molar-refractivity contribution is 9.10. The fraction of sp³-hybridized carbons (Fsp3) is 0. The first-order chi connectivity index (χ1) is 6.16.